The molecule has 5 heteroatoms. The van der Waals surface area contributed by atoms with Crippen molar-refractivity contribution in [3.8, 4) is 11.9 Å². The van der Waals surface area contributed by atoms with Crippen molar-refractivity contribution < 1.29 is 0 Å². The highest BCUT2D eigenvalue weighted by atomic mass is 15.3. The average molecular weight is 227 g/mol. The van der Waals surface area contributed by atoms with Crippen LogP contribution in [0.25, 0.3) is 5.82 Å². The number of anilines is 1. The molecule has 0 radical (unpaired) electrons. The van der Waals surface area contributed by atoms with E-state index in [4.69, 9.17) is 11.0 Å². The van der Waals surface area contributed by atoms with Gasteiger partial charge in [0.1, 0.15) is 6.07 Å². The molecule has 2 aromatic heterocycles. The van der Waals surface area contributed by atoms with E-state index in [1.165, 1.54) is 6.20 Å². The molecule has 0 bridgehead atoms. The van der Waals surface area contributed by atoms with Crippen LogP contribution in [-0.2, 0) is 0 Å². The van der Waals surface area contributed by atoms with Crippen LogP contribution in [0, 0.1) is 32.1 Å². The van der Waals surface area contributed by atoms with Gasteiger partial charge >= 0.3 is 0 Å². The van der Waals surface area contributed by atoms with Crippen LogP contribution in [0.4, 0.5) is 5.69 Å². The third-order valence-corrected chi connectivity index (χ3v) is 2.88. The van der Waals surface area contributed by atoms with Crippen molar-refractivity contribution in [1.29, 1.82) is 5.26 Å². The highest BCUT2D eigenvalue weighted by Crippen LogP contribution is 2.20. The molecule has 0 amide bonds. The Kier molecular flexibility index (Phi) is 2.56. The second kappa shape index (κ2) is 3.91. The van der Waals surface area contributed by atoms with Crippen LogP contribution in [0.1, 0.15) is 22.5 Å². The first-order valence-electron chi connectivity index (χ1n) is 5.23. The molecule has 0 aliphatic carbocycles. The predicted octanol–water partition coefficient (Wildman–Crippen LogP) is 1.65. The Hall–Kier alpha value is -2.35. The van der Waals surface area contributed by atoms with E-state index in [-0.39, 0.29) is 0 Å². The summed E-state index contributed by atoms with van der Waals surface area (Å²) in [5.41, 5.74) is 9.86. The normalized spacial score (nSPS) is 10.2. The molecule has 0 aromatic carbocycles. The predicted molar refractivity (Wildman–Crippen MR) is 64.7 cm³/mol. The van der Waals surface area contributed by atoms with Crippen molar-refractivity contribution in [2.45, 2.75) is 20.8 Å². The van der Waals surface area contributed by atoms with Gasteiger partial charge in [0.15, 0.2) is 5.82 Å². The number of pyridine rings is 1. The molecule has 0 fully saturated rings. The molecule has 2 rings (SSSR count). The smallest absolute Gasteiger partial charge is 0.176 e. The second-order valence-corrected chi connectivity index (χ2v) is 3.96. The fourth-order valence-electron chi connectivity index (χ4n) is 1.64. The minimum Gasteiger partial charge on any atom is -0.396 e. The topological polar surface area (TPSA) is 80.5 Å². The molecular weight excluding hydrogens is 214 g/mol. The van der Waals surface area contributed by atoms with Gasteiger partial charge in [-0.25, -0.2) is 9.67 Å². The Labute approximate surface area is 99.5 Å². The average Bonchev–Trinajstić information content (AvgIpc) is 2.57. The van der Waals surface area contributed by atoms with Gasteiger partial charge in [-0.3, -0.25) is 0 Å². The third kappa shape index (κ3) is 1.74. The van der Waals surface area contributed by atoms with Crippen LogP contribution in [0.5, 0.6) is 0 Å². The molecule has 0 atom stereocenters. The van der Waals surface area contributed by atoms with Gasteiger partial charge in [-0.1, -0.05) is 0 Å². The summed E-state index contributed by atoms with van der Waals surface area (Å²) in [6.45, 7) is 5.92. The molecule has 0 unspecified atom stereocenters. The van der Waals surface area contributed by atoms with Crippen molar-refractivity contribution in [1.82, 2.24) is 14.8 Å². The minimum absolute atomic E-state index is 0.449. The van der Waals surface area contributed by atoms with Crippen molar-refractivity contribution >= 4 is 5.69 Å². The second-order valence-electron chi connectivity index (χ2n) is 3.96. The van der Waals surface area contributed by atoms with Gasteiger partial charge in [-0.2, -0.15) is 10.4 Å². The molecular formula is C12H13N5. The molecule has 2 heterocycles. The van der Waals surface area contributed by atoms with Gasteiger partial charge in [0.2, 0.25) is 0 Å². The monoisotopic (exact) mass is 227 g/mol. The lowest BCUT2D eigenvalue weighted by atomic mass is 10.2. The zero-order valence-electron chi connectivity index (χ0n) is 10.0. The maximum Gasteiger partial charge on any atom is 0.176 e. The molecule has 2 N–H and O–H groups in total. The van der Waals surface area contributed by atoms with Gasteiger partial charge in [0.05, 0.1) is 16.9 Å². The molecule has 0 aliphatic heterocycles. The number of aryl methyl sites for hydroxylation is 1. The maximum atomic E-state index is 8.76. The van der Waals surface area contributed by atoms with Gasteiger partial charge in [-0.05, 0) is 32.4 Å². The molecule has 17 heavy (non-hydrogen) atoms. The van der Waals surface area contributed by atoms with Crippen molar-refractivity contribution in [2.24, 2.45) is 0 Å². The lowest BCUT2D eigenvalue weighted by Gasteiger charge is -2.06. The Balaban J connectivity index is 2.62. The van der Waals surface area contributed by atoms with E-state index < -0.39 is 0 Å². The van der Waals surface area contributed by atoms with Gasteiger partial charge in [0, 0.05) is 11.9 Å². The summed E-state index contributed by atoms with van der Waals surface area (Å²) in [6, 6.07) is 3.61. The van der Waals surface area contributed by atoms with E-state index in [9.17, 15) is 0 Å². The molecule has 0 aliphatic rings. The fourth-order valence-corrected chi connectivity index (χ4v) is 1.64. The Bertz CT molecular complexity index is 619. The van der Waals surface area contributed by atoms with E-state index in [1.807, 2.05) is 26.8 Å². The summed E-state index contributed by atoms with van der Waals surface area (Å²) in [6.07, 6.45) is 1.50. The number of aromatic nitrogens is 3. The fraction of sp³-hybridized carbons (Fsp3) is 0.250. The van der Waals surface area contributed by atoms with Gasteiger partial charge in [-0.15, -0.1) is 0 Å². The number of nitrogens with two attached hydrogens (primary N) is 1. The molecule has 0 saturated carbocycles. The molecule has 86 valence electrons. The van der Waals surface area contributed by atoms with Crippen LogP contribution in [0.2, 0.25) is 0 Å². The highest BCUT2D eigenvalue weighted by Gasteiger charge is 2.12. The first-order valence-corrected chi connectivity index (χ1v) is 5.23. The Morgan fingerprint density at radius 3 is 2.53 bits per heavy atom. The van der Waals surface area contributed by atoms with Crippen LogP contribution < -0.4 is 5.73 Å². The molecule has 5 nitrogen and oxygen atoms in total. The zero-order valence-corrected chi connectivity index (χ0v) is 10.0. The van der Waals surface area contributed by atoms with Crippen molar-refractivity contribution in [2.75, 3.05) is 5.73 Å². The van der Waals surface area contributed by atoms with E-state index in [1.54, 1.807) is 10.7 Å². The Morgan fingerprint density at radius 1 is 1.35 bits per heavy atom. The maximum absolute atomic E-state index is 8.76. The minimum atomic E-state index is 0.449. The van der Waals surface area contributed by atoms with Crippen molar-refractivity contribution in [3.05, 3.63) is 34.8 Å². The largest absolute Gasteiger partial charge is 0.396 e. The number of nitriles is 1. The summed E-state index contributed by atoms with van der Waals surface area (Å²) >= 11 is 0. The van der Waals surface area contributed by atoms with Gasteiger partial charge in [0.25, 0.3) is 0 Å². The summed E-state index contributed by atoms with van der Waals surface area (Å²) in [7, 11) is 0. The lowest BCUT2D eigenvalue weighted by Crippen LogP contribution is -2.06. The number of hydrogen-bond donors (Lipinski definition) is 1. The van der Waals surface area contributed by atoms with Crippen LogP contribution in [-0.4, -0.2) is 14.8 Å². The summed E-state index contributed by atoms with van der Waals surface area (Å²) in [5, 5.41) is 13.1. The summed E-state index contributed by atoms with van der Waals surface area (Å²) in [5.74, 6) is 0.567. The molecule has 0 spiro atoms. The van der Waals surface area contributed by atoms with Gasteiger partial charge < -0.3 is 5.73 Å². The number of nitrogens with zero attached hydrogens (tertiary/aromatic N) is 4. The third-order valence-electron chi connectivity index (χ3n) is 2.88. The molecule has 0 saturated heterocycles. The summed E-state index contributed by atoms with van der Waals surface area (Å²) < 4.78 is 1.71. The lowest BCUT2D eigenvalue weighted by molar-refractivity contribution is 0.808. The van der Waals surface area contributed by atoms with Crippen molar-refractivity contribution in [3.63, 3.8) is 0 Å². The van der Waals surface area contributed by atoms with Crippen LogP contribution in [0.3, 0.4) is 0 Å². The van der Waals surface area contributed by atoms with E-state index in [2.05, 4.69) is 10.1 Å². The highest BCUT2D eigenvalue weighted by molar-refractivity contribution is 5.56. The number of rotatable bonds is 1. The van der Waals surface area contributed by atoms with Crippen LogP contribution in [0.15, 0.2) is 12.3 Å². The first-order chi connectivity index (χ1) is 8.04. The Morgan fingerprint density at radius 2 is 2.06 bits per heavy atom. The summed E-state index contributed by atoms with van der Waals surface area (Å²) in [4.78, 5) is 4.19. The van der Waals surface area contributed by atoms with E-state index >= 15 is 0 Å². The molecule has 2 aromatic rings. The zero-order chi connectivity index (χ0) is 12.6. The van der Waals surface area contributed by atoms with E-state index in [0.717, 1.165) is 17.0 Å². The first kappa shape index (κ1) is 11.1. The standard InChI is InChI=1S/C12H13N5/c1-7-8(2)16-17(9(7)3)12-11(14)4-10(5-13)6-15-12/h4,6H,14H2,1-3H3. The van der Waals surface area contributed by atoms with Crippen LogP contribution >= 0.6 is 0 Å². The van der Waals surface area contributed by atoms with E-state index in [0.29, 0.717) is 17.1 Å². The SMILES string of the molecule is Cc1nn(-c2ncc(C#N)cc2N)c(C)c1C. The number of hydrogen-bond acceptors (Lipinski definition) is 4. The quantitative estimate of drug-likeness (QED) is 0.803. The number of nitrogen functional groups attached to an aromatic ring is 1.